The summed E-state index contributed by atoms with van der Waals surface area (Å²) in [4.78, 5) is 26.6. The van der Waals surface area contributed by atoms with Gasteiger partial charge in [0, 0.05) is 12.8 Å². The Kier molecular flexibility index (Phi) is 6.61. The number of hydrogen-bond donors (Lipinski definition) is 0. The maximum atomic E-state index is 13.6. The van der Waals surface area contributed by atoms with Gasteiger partial charge in [-0.1, -0.05) is 27.7 Å². The van der Waals surface area contributed by atoms with Gasteiger partial charge in [-0.15, -0.1) is 0 Å². The van der Waals surface area contributed by atoms with E-state index in [0.717, 1.165) is 38.5 Å². The smallest absolute Gasteiger partial charge is 0.314 e. The van der Waals surface area contributed by atoms with E-state index in [-0.39, 0.29) is 23.5 Å². The Morgan fingerprint density at radius 1 is 1.00 bits per heavy atom. The second-order valence-electron chi connectivity index (χ2n) is 12.8. The fraction of sp³-hybridized carbons (Fsp3) is 0.923. The van der Waals surface area contributed by atoms with Crippen LogP contribution < -0.4 is 0 Å². The van der Waals surface area contributed by atoms with Gasteiger partial charge in [0.25, 0.3) is 0 Å². The fourth-order valence-corrected chi connectivity index (χ4v) is 6.18. The maximum Gasteiger partial charge on any atom is 0.314 e. The average molecular weight is 437 g/mol. The molecule has 3 atom stereocenters. The van der Waals surface area contributed by atoms with Crippen molar-refractivity contribution in [2.45, 2.75) is 125 Å². The molecular formula is C26H44O5. The maximum absolute atomic E-state index is 13.6. The van der Waals surface area contributed by atoms with Crippen molar-refractivity contribution in [1.82, 2.24) is 0 Å². The zero-order chi connectivity index (χ0) is 23.2. The lowest BCUT2D eigenvalue weighted by Gasteiger charge is -2.60. The molecule has 0 spiro atoms. The summed E-state index contributed by atoms with van der Waals surface area (Å²) in [6.07, 6.45) is 6.05. The summed E-state index contributed by atoms with van der Waals surface area (Å²) in [5.74, 6) is 0.581. The largest absolute Gasteiger partial charge is 0.459 e. The molecule has 4 saturated carbocycles. The van der Waals surface area contributed by atoms with Crippen LogP contribution in [-0.4, -0.2) is 29.9 Å². The highest BCUT2D eigenvalue weighted by Crippen LogP contribution is 2.63. The zero-order valence-electron chi connectivity index (χ0n) is 21.0. The first kappa shape index (κ1) is 24.5. The highest BCUT2D eigenvalue weighted by molar-refractivity contribution is 5.79. The number of carbonyl (C=O) groups excluding carboxylic acids is 2. The van der Waals surface area contributed by atoms with Crippen molar-refractivity contribution in [1.29, 1.82) is 0 Å². The third-order valence-electron chi connectivity index (χ3n) is 7.63. The Morgan fingerprint density at radius 3 is 2.06 bits per heavy atom. The molecule has 0 aromatic heterocycles. The molecule has 4 aliphatic carbocycles. The van der Waals surface area contributed by atoms with Crippen molar-refractivity contribution >= 4 is 11.9 Å². The highest BCUT2D eigenvalue weighted by atomic mass is 16.7. The Balaban J connectivity index is 1.79. The average Bonchev–Trinajstić information content (AvgIpc) is 2.57. The number of esters is 2. The molecule has 0 amide bonds. The van der Waals surface area contributed by atoms with Crippen molar-refractivity contribution in [2.24, 2.45) is 28.1 Å². The summed E-state index contributed by atoms with van der Waals surface area (Å²) in [6, 6.07) is 0. The van der Waals surface area contributed by atoms with Crippen molar-refractivity contribution in [2.75, 3.05) is 0 Å². The first-order chi connectivity index (χ1) is 14.2. The Morgan fingerprint density at radius 2 is 1.58 bits per heavy atom. The summed E-state index contributed by atoms with van der Waals surface area (Å²) in [6.45, 7) is 16.2. The summed E-state index contributed by atoms with van der Waals surface area (Å²) in [7, 11) is 0. The lowest BCUT2D eigenvalue weighted by atomic mass is 9.48. The summed E-state index contributed by atoms with van der Waals surface area (Å²) in [5.41, 5.74) is -1.56. The van der Waals surface area contributed by atoms with Crippen LogP contribution in [0.4, 0.5) is 0 Å². The second kappa shape index (κ2) is 8.35. The second-order valence-corrected chi connectivity index (χ2v) is 12.8. The van der Waals surface area contributed by atoms with Gasteiger partial charge in [0.15, 0.2) is 0 Å². The molecule has 3 unspecified atom stereocenters. The third kappa shape index (κ3) is 5.46. The molecule has 0 saturated heterocycles. The Labute approximate surface area is 189 Å². The molecule has 0 heterocycles. The molecule has 4 fully saturated rings. The zero-order valence-corrected chi connectivity index (χ0v) is 21.0. The molecule has 178 valence electrons. The molecule has 5 nitrogen and oxygen atoms in total. The molecular weight excluding hydrogens is 392 g/mol. The first-order valence-corrected chi connectivity index (χ1v) is 12.3. The normalized spacial score (nSPS) is 33.5. The van der Waals surface area contributed by atoms with Crippen LogP contribution in [0.5, 0.6) is 0 Å². The molecule has 0 aliphatic heterocycles. The van der Waals surface area contributed by atoms with Crippen molar-refractivity contribution in [3.8, 4) is 0 Å². The number of carbonyl (C=O) groups is 2. The van der Waals surface area contributed by atoms with Crippen LogP contribution >= 0.6 is 0 Å². The van der Waals surface area contributed by atoms with Gasteiger partial charge in [-0.05, 0) is 83.5 Å². The lowest BCUT2D eigenvalue weighted by Crippen LogP contribution is -2.60. The minimum Gasteiger partial charge on any atom is -0.459 e. The highest BCUT2D eigenvalue weighted by Gasteiger charge is 2.63. The summed E-state index contributed by atoms with van der Waals surface area (Å²) < 4.78 is 18.3. The van der Waals surface area contributed by atoms with E-state index in [0.29, 0.717) is 24.7 Å². The van der Waals surface area contributed by atoms with Gasteiger partial charge in [-0.2, -0.15) is 0 Å². The number of hydrogen-bond acceptors (Lipinski definition) is 5. The van der Waals surface area contributed by atoms with Gasteiger partial charge < -0.3 is 14.2 Å². The summed E-state index contributed by atoms with van der Waals surface area (Å²) >= 11 is 0. The minimum absolute atomic E-state index is 0.0101. The SMILES string of the molecule is CCC(C)(C)C(=O)OC12CC3CC(C1)CC(C(=O)OC(CC(C)(C)C)OC(C)C)(C3)C2. The Bertz CT molecular complexity index is 672. The van der Waals surface area contributed by atoms with E-state index in [4.69, 9.17) is 14.2 Å². The fourth-order valence-electron chi connectivity index (χ4n) is 6.18. The minimum atomic E-state index is -0.544. The van der Waals surface area contributed by atoms with Crippen LogP contribution in [0.3, 0.4) is 0 Å². The summed E-state index contributed by atoms with van der Waals surface area (Å²) in [5, 5.41) is 0. The van der Waals surface area contributed by atoms with Crippen LogP contribution in [0, 0.1) is 28.1 Å². The predicted molar refractivity (Wildman–Crippen MR) is 120 cm³/mol. The predicted octanol–water partition coefficient (Wildman–Crippen LogP) is 6.04. The molecule has 31 heavy (non-hydrogen) atoms. The third-order valence-corrected chi connectivity index (χ3v) is 7.63. The number of rotatable bonds is 8. The number of ether oxygens (including phenoxy) is 3. The lowest BCUT2D eigenvalue weighted by molar-refractivity contribution is -0.234. The van der Waals surface area contributed by atoms with Gasteiger partial charge in [-0.3, -0.25) is 9.59 Å². The van der Waals surface area contributed by atoms with E-state index >= 15 is 0 Å². The van der Waals surface area contributed by atoms with Gasteiger partial charge in [0.1, 0.15) is 5.60 Å². The quantitative estimate of drug-likeness (QED) is 0.343. The van der Waals surface area contributed by atoms with E-state index in [9.17, 15) is 9.59 Å². The van der Waals surface area contributed by atoms with Crippen molar-refractivity contribution in [3.05, 3.63) is 0 Å². The molecule has 4 bridgehead atoms. The molecule has 0 N–H and O–H groups in total. The van der Waals surface area contributed by atoms with Gasteiger partial charge in [0.2, 0.25) is 6.29 Å². The van der Waals surface area contributed by atoms with Crippen LogP contribution in [-0.2, 0) is 23.8 Å². The molecule has 5 heteroatoms. The van der Waals surface area contributed by atoms with Crippen molar-refractivity contribution in [3.63, 3.8) is 0 Å². The molecule has 0 radical (unpaired) electrons. The van der Waals surface area contributed by atoms with Gasteiger partial charge >= 0.3 is 11.9 Å². The van der Waals surface area contributed by atoms with E-state index in [1.165, 1.54) is 0 Å². The van der Waals surface area contributed by atoms with Crippen LogP contribution in [0.1, 0.15) is 107 Å². The standard InChI is InChI=1S/C26H44O5/c1-9-24(7,8)21(27)31-26-13-18-10-19(14-26)12-25(11-18,16-26)22(28)30-20(29-17(2)3)15-23(4,5)6/h17-20H,9-16H2,1-8H3. The topological polar surface area (TPSA) is 61.8 Å². The van der Waals surface area contributed by atoms with Crippen LogP contribution in [0.25, 0.3) is 0 Å². The van der Waals surface area contributed by atoms with E-state index in [1.54, 1.807) is 0 Å². The molecule has 0 aromatic carbocycles. The molecule has 4 aliphatic rings. The van der Waals surface area contributed by atoms with Crippen molar-refractivity contribution < 1.29 is 23.8 Å². The van der Waals surface area contributed by atoms with Gasteiger partial charge in [-0.25, -0.2) is 0 Å². The molecule has 0 aromatic rings. The van der Waals surface area contributed by atoms with E-state index in [1.807, 2.05) is 34.6 Å². The Hall–Kier alpha value is -1.10. The first-order valence-electron chi connectivity index (χ1n) is 12.3. The van der Waals surface area contributed by atoms with Gasteiger partial charge in [0.05, 0.1) is 16.9 Å². The van der Waals surface area contributed by atoms with E-state index < -0.39 is 22.7 Å². The molecule has 4 rings (SSSR count). The van der Waals surface area contributed by atoms with Crippen LogP contribution in [0.15, 0.2) is 0 Å². The van der Waals surface area contributed by atoms with Crippen LogP contribution in [0.2, 0.25) is 0 Å². The monoisotopic (exact) mass is 436 g/mol. The van der Waals surface area contributed by atoms with E-state index in [2.05, 4.69) is 20.8 Å².